The van der Waals surface area contributed by atoms with Crippen LogP contribution in [0, 0.1) is 0 Å². The number of rotatable bonds is 1. The van der Waals surface area contributed by atoms with Gasteiger partial charge in [0.25, 0.3) is 0 Å². The summed E-state index contributed by atoms with van der Waals surface area (Å²) in [5.41, 5.74) is 1.40. The molecular formula is C10H12FN5O. The summed E-state index contributed by atoms with van der Waals surface area (Å²) in [5.74, 6) is 0.431. The molecule has 0 radical (unpaired) electrons. The van der Waals surface area contributed by atoms with Gasteiger partial charge >= 0.3 is 0 Å². The van der Waals surface area contributed by atoms with Gasteiger partial charge in [-0.05, 0) is 0 Å². The van der Waals surface area contributed by atoms with Gasteiger partial charge in [0, 0.05) is 13.6 Å². The van der Waals surface area contributed by atoms with E-state index in [1.807, 2.05) is 7.05 Å². The summed E-state index contributed by atoms with van der Waals surface area (Å²) < 4.78 is 15.0. The van der Waals surface area contributed by atoms with Crippen LogP contribution in [0.15, 0.2) is 12.5 Å². The van der Waals surface area contributed by atoms with E-state index in [9.17, 15) is 9.50 Å². The van der Waals surface area contributed by atoms with E-state index in [2.05, 4.69) is 15.0 Å². The maximum absolute atomic E-state index is 13.2. The number of imidazole rings is 1. The van der Waals surface area contributed by atoms with Crippen molar-refractivity contribution < 1.29 is 9.50 Å². The average Bonchev–Trinajstić information content (AvgIpc) is 2.84. The highest BCUT2D eigenvalue weighted by atomic mass is 19.1. The maximum atomic E-state index is 13.2. The van der Waals surface area contributed by atoms with Gasteiger partial charge in [0.15, 0.2) is 5.65 Å². The number of nitrogens with zero attached hydrogens (tertiary/aromatic N) is 5. The van der Waals surface area contributed by atoms with Crippen molar-refractivity contribution in [2.75, 3.05) is 18.0 Å². The summed E-state index contributed by atoms with van der Waals surface area (Å²) in [5, 5.41) is 9.37. The fraction of sp³-hybridized carbons (Fsp3) is 0.500. The summed E-state index contributed by atoms with van der Waals surface area (Å²) in [6, 6.07) is 0. The van der Waals surface area contributed by atoms with Gasteiger partial charge < -0.3 is 14.6 Å². The van der Waals surface area contributed by atoms with Crippen LogP contribution in [0.4, 0.5) is 10.3 Å². The highest BCUT2D eigenvalue weighted by Crippen LogP contribution is 2.20. The van der Waals surface area contributed by atoms with Crippen LogP contribution in [0.5, 0.6) is 0 Å². The number of aromatic nitrogens is 4. The molecule has 90 valence electrons. The van der Waals surface area contributed by atoms with E-state index in [0.29, 0.717) is 17.1 Å². The lowest BCUT2D eigenvalue weighted by molar-refractivity contribution is 0.118. The van der Waals surface area contributed by atoms with Gasteiger partial charge in [0.2, 0.25) is 5.95 Å². The SMILES string of the molecule is Cn1cnc2cnc(N3C[C@@H](O)[C@H](F)C3)nc21. The minimum absolute atomic E-state index is 0.129. The first-order valence-electron chi connectivity index (χ1n) is 5.36. The topological polar surface area (TPSA) is 67.1 Å². The number of β-amino-alcohol motifs (C(OH)–C–C–N with tert-alkyl or cyclic N) is 1. The Morgan fingerprint density at radius 2 is 2.24 bits per heavy atom. The molecule has 0 saturated carbocycles. The van der Waals surface area contributed by atoms with Crippen molar-refractivity contribution in [3.05, 3.63) is 12.5 Å². The molecule has 7 heteroatoms. The number of halogens is 1. The van der Waals surface area contributed by atoms with Crippen LogP contribution in [0.2, 0.25) is 0 Å². The van der Waals surface area contributed by atoms with E-state index in [4.69, 9.17) is 0 Å². The van der Waals surface area contributed by atoms with Crippen LogP contribution in [0.3, 0.4) is 0 Å². The Morgan fingerprint density at radius 1 is 1.41 bits per heavy atom. The standard InChI is InChI=1S/C10H12FN5O/c1-15-5-13-7-2-12-10(14-9(7)15)16-3-6(11)8(17)4-16/h2,5-6,8,17H,3-4H2,1H3/t6-,8-/m1/s1. The minimum Gasteiger partial charge on any atom is -0.388 e. The number of hydrogen-bond acceptors (Lipinski definition) is 5. The summed E-state index contributed by atoms with van der Waals surface area (Å²) in [4.78, 5) is 14.2. The fourth-order valence-electron chi connectivity index (χ4n) is 1.97. The predicted molar refractivity (Wildman–Crippen MR) is 59.4 cm³/mol. The molecule has 0 aliphatic carbocycles. The molecule has 1 saturated heterocycles. The molecule has 1 aliphatic rings. The molecular weight excluding hydrogens is 225 g/mol. The molecule has 2 aromatic rings. The second kappa shape index (κ2) is 3.63. The van der Waals surface area contributed by atoms with Gasteiger partial charge in [-0.25, -0.2) is 14.4 Å². The van der Waals surface area contributed by atoms with Crippen molar-refractivity contribution in [1.29, 1.82) is 0 Å². The van der Waals surface area contributed by atoms with E-state index in [0.717, 1.165) is 0 Å². The minimum atomic E-state index is -1.24. The average molecular weight is 237 g/mol. The van der Waals surface area contributed by atoms with Gasteiger partial charge in [-0.1, -0.05) is 0 Å². The number of alkyl halides is 1. The molecule has 0 spiro atoms. The van der Waals surface area contributed by atoms with E-state index in [1.165, 1.54) is 0 Å². The van der Waals surface area contributed by atoms with Crippen LogP contribution in [-0.2, 0) is 7.05 Å². The molecule has 3 heterocycles. The Bertz CT molecular complexity index is 547. The molecule has 3 rings (SSSR count). The molecule has 1 N–H and O–H groups in total. The zero-order valence-corrected chi connectivity index (χ0v) is 9.28. The first-order valence-corrected chi connectivity index (χ1v) is 5.36. The lowest BCUT2D eigenvalue weighted by Gasteiger charge is -2.14. The highest BCUT2D eigenvalue weighted by molar-refractivity contribution is 5.70. The van der Waals surface area contributed by atoms with E-state index < -0.39 is 12.3 Å². The van der Waals surface area contributed by atoms with Crippen LogP contribution < -0.4 is 4.90 Å². The van der Waals surface area contributed by atoms with E-state index in [-0.39, 0.29) is 13.1 Å². The molecule has 2 aromatic heterocycles. The van der Waals surface area contributed by atoms with Crippen LogP contribution in [0.1, 0.15) is 0 Å². The number of hydrogen-bond donors (Lipinski definition) is 1. The van der Waals surface area contributed by atoms with Crippen LogP contribution >= 0.6 is 0 Å². The molecule has 1 aliphatic heterocycles. The summed E-state index contributed by atoms with van der Waals surface area (Å²) in [6.45, 7) is 0.356. The van der Waals surface area contributed by atoms with Crippen LogP contribution in [0.25, 0.3) is 11.2 Å². The number of aliphatic hydroxyl groups excluding tert-OH is 1. The first kappa shape index (κ1) is 10.4. The third-order valence-corrected chi connectivity index (χ3v) is 2.94. The monoisotopic (exact) mass is 237 g/mol. The largest absolute Gasteiger partial charge is 0.388 e. The Morgan fingerprint density at radius 3 is 2.94 bits per heavy atom. The van der Waals surface area contributed by atoms with Crippen molar-refractivity contribution in [3.8, 4) is 0 Å². The number of aryl methyl sites for hydroxylation is 1. The molecule has 2 atom stereocenters. The zero-order chi connectivity index (χ0) is 12.0. The number of aliphatic hydroxyl groups is 1. The van der Waals surface area contributed by atoms with E-state index >= 15 is 0 Å². The highest BCUT2D eigenvalue weighted by Gasteiger charge is 2.32. The Hall–Kier alpha value is -1.76. The first-order chi connectivity index (χ1) is 8.15. The van der Waals surface area contributed by atoms with Crippen molar-refractivity contribution >= 4 is 17.1 Å². The second-order valence-corrected chi connectivity index (χ2v) is 4.22. The zero-order valence-electron chi connectivity index (χ0n) is 9.28. The molecule has 0 unspecified atom stereocenters. The smallest absolute Gasteiger partial charge is 0.227 e. The summed E-state index contributed by atoms with van der Waals surface area (Å²) >= 11 is 0. The number of fused-ring (bicyclic) bond motifs is 1. The van der Waals surface area contributed by atoms with Gasteiger partial charge in [-0.3, -0.25) is 0 Å². The fourth-order valence-corrected chi connectivity index (χ4v) is 1.97. The molecule has 0 aromatic carbocycles. The molecule has 1 fully saturated rings. The van der Waals surface area contributed by atoms with E-state index in [1.54, 1.807) is 22.0 Å². The molecule has 17 heavy (non-hydrogen) atoms. The van der Waals surface area contributed by atoms with Gasteiger partial charge in [0.1, 0.15) is 17.8 Å². The van der Waals surface area contributed by atoms with Gasteiger partial charge in [-0.2, -0.15) is 4.98 Å². The van der Waals surface area contributed by atoms with Crippen LogP contribution in [-0.4, -0.2) is 50.0 Å². The molecule has 0 amide bonds. The number of anilines is 1. The summed E-state index contributed by atoms with van der Waals surface area (Å²) in [6.07, 6.45) is 1.07. The maximum Gasteiger partial charge on any atom is 0.227 e. The Balaban J connectivity index is 1.98. The van der Waals surface area contributed by atoms with Gasteiger partial charge in [-0.15, -0.1) is 0 Å². The van der Waals surface area contributed by atoms with Gasteiger partial charge in [0.05, 0.1) is 19.1 Å². The molecule has 6 nitrogen and oxygen atoms in total. The second-order valence-electron chi connectivity index (χ2n) is 4.22. The lowest BCUT2D eigenvalue weighted by Crippen LogP contribution is -2.23. The molecule has 0 bridgehead atoms. The summed E-state index contributed by atoms with van der Waals surface area (Å²) in [7, 11) is 1.84. The Labute approximate surface area is 96.7 Å². The van der Waals surface area contributed by atoms with Crippen molar-refractivity contribution in [1.82, 2.24) is 19.5 Å². The normalized spacial score (nSPS) is 24.8. The third-order valence-electron chi connectivity index (χ3n) is 2.94. The lowest BCUT2D eigenvalue weighted by atomic mass is 10.3. The van der Waals surface area contributed by atoms with Crippen molar-refractivity contribution in [2.45, 2.75) is 12.3 Å². The Kier molecular flexibility index (Phi) is 2.22. The quantitative estimate of drug-likeness (QED) is 0.749. The van der Waals surface area contributed by atoms with Crippen molar-refractivity contribution in [2.24, 2.45) is 7.05 Å². The third kappa shape index (κ3) is 1.62. The van der Waals surface area contributed by atoms with Crippen molar-refractivity contribution in [3.63, 3.8) is 0 Å². The predicted octanol–water partition coefficient (Wildman–Crippen LogP) is -0.118.